The first-order chi connectivity index (χ1) is 12.1. The van der Waals surface area contributed by atoms with Gasteiger partial charge in [0.1, 0.15) is 0 Å². The summed E-state index contributed by atoms with van der Waals surface area (Å²) in [6, 6.07) is 11.0. The number of halogens is 1. The summed E-state index contributed by atoms with van der Waals surface area (Å²) < 4.78 is 10.8. The fraction of sp³-hybridized carbons (Fsp3) is 0.316. The Morgan fingerprint density at radius 3 is 2.80 bits per heavy atom. The van der Waals surface area contributed by atoms with Gasteiger partial charge < -0.3 is 14.6 Å². The maximum atomic E-state index is 11.4. The monoisotopic (exact) mass is 359 g/mol. The summed E-state index contributed by atoms with van der Waals surface area (Å²) in [5.41, 5.74) is 2.31. The number of benzene rings is 2. The quantitative estimate of drug-likeness (QED) is 0.900. The summed E-state index contributed by atoms with van der Waals surface area (Å²) in [5.74, 6) is 0.766. The van der Waals surface area contributed by atoms with Crippen LogP contribution in [0.5, 0.6) is 11.5 Å². The molecule has 0 saturated carbocycles. The number of rotatable bonds is 4. The molecule has 2 aromatic rings. The molecule has 1 saturated heterocycles. The molecule has 0 amide bonds. The highest BCUT2D eigenvalue weighted by atomic mass is 35.5. The molecule has 2 aromatic carbocycles. The average molecular weight is 360 g/mol. The molecular formula is C19H18ClNO4. The van der Waals surface area contributed by atoms with Gasteiger partial charge in [0.25, 0.3) is 0 Å². The fourth-order valence-corrected chi connectivity index (χ4v) is 3.81. The van der Waals surface area contributed by atoms with Crippen LogP contribution in [-0.2, 0) is 6.54 Å². The Labute approximate surface area is 150 Å². The maximum Gasteiger partial charge on any atom is 0.335 e. The summed E-state index contributed by atoms with van der Waals surface area (Å²) in [5, 5.41) is 10.1. The zero-order chi connectivity index (χ0) is 17.4. The molecule has 1 fully saturated rings. The number of likely N-dealkylation sites (tertiary alicyclic amines) is 1. The number of carbonyl (C=O) groups is 1. The molecule has 25 heavy (non-hydrogen) atoms. The van der Waals surface area contributed by atoms with Gasteiger partial charge in [-0.25, -0.2) is 4.79 Å². The van der Waals surface area contributed by atoms with Gasteiger partial charge in [-0.1, -0.05) is 29.8 Å². The van der Waals surface area contributed by atoms with Crippen molar-refractivity contribution >= 4 is 17.6 Å². The number of carboxylic acids is 1. The Morgan fingerprint density at radius 1 is 1.24 bits per heavy atom. The first-order valence-electron chi connectivity index (χ1n) is 8.24. The normalized spacial score (nSPS) is 19.3. The van der Waals surface area contributed by atoms with Crippen LogP contribution in [0.25, 0.3) is 0 Å². The van der Waals surface area contributed by atoms with Crippen LogP contribution in [0.4, 0.5) is 0 Å². The van der Waals surface area contributed by atoms with Crippen LogP contribution in [0.1, 0.15) is 33.8 Å². The van der Waals surface area contributed by atoms with Gasteiger partial charge in [-0.2, -0.15) is 0 Å². The Kier molecular flexibility index (Phi) is 4.27. The lowest BCUT2D eigenvalue weighted by molar-refractivity contribution is 0.0695. The largest absolute Gasteiger partial charge is 0.478 e. The molecule has 0 spiro atoms. The van der Waals surface area contributed by atoms with Crippen LogP contribution in [0.15, 0.2) is 36.4 Å². The first kappa shape index (κ1) is 16.2. The Morgan fingerprint density at radius 2 is 2.00 bits per heavy atom. The van der Waals surface area contributed by atoms with E-state index in [9.17, 15) is 9.90 Å². The zero-order valence-corrected chi connectivity index (χ0v) is 14.3. The van der Waals surface area contributed by atoms with Crippen LogP contribution >= 0.6 is 11.6 Å². The van der Waals surface area contributed by atoms with Crippen LogP contribution in [0, 0.1) is 0 Å². The van der Waals surface area contributed by atoms with E-state index < -0.39 is 5.97 Å². The average Bonchev–Trinajstić information content (AvgIpc) is 3.24. The second kappa shape index (κ2) is 6.58. The van der Waals surface area contributed by atoms with E-state index in [1.54, 1.807) is 18.2 Å². The van der Waals surface area contributed by atoms with E-state index >= 15 is 0 Å². The zero-order valence-electron chi connectivity index (χ0n) is 13.6. The second-order valence-electron chi connectivity index (χ2n) is 6.41. The molecule has 0 radical (unpaired) electrons. The van der Waals surface area contributed by atoms with E-state index in [-0.39, 0.29) is 12.7 Å². The SMILES string of the molecule is O=C(O)c1ccccc1C1CCN(Cc2cc3c(cc2Cl)OCO3)C1. The van der Waals surface area contributed by atoms with Gasteiger partial charge in [0, 0.05) is 24.2 Å². The summed E-state index contributed by atoms with van der Waals surface area (Å²) >= 11 is 6.37. The Hall–Kier alpha value is -2.24. The third-order valence-corrected chi connectivity index (χ3v) is 5.19. The third-order valence-electron chi connectivity index (χ3n) is 4.84. The van der Waals surface area contributed by atoms with E-state index in [2.05, 4.69) is 4.90 Å². The van der Waals surface area contributed by atoms with E-state index in [0.29, 0.717) is 22.9 Å². The van der Waals surface area contributed by atoms with Gasteiger partial charge in [0.15, 0.2) is 11.5 Å². The van der Waals surface area contributed by atoms with Gasteiger partial charge in [-0.15, -0.1) is 0 Å². The number of ether oxygens (including phenoxy) is 2. The molecule has 2 aliphatic rings. The van der Waals surface area contributed by atoms with E-state index in [0.717, 1.165) is 36.4 Å². The highest BCUT2D eigenvalue weighted by Gasteiger charge is 2.28. The van der Waals surface area contributed by atoms with Gasteiger partial charge in [0.2, 0.25) is 6.79 Å². The second-order valence-corrected chi connectivity index (χ2v) is 6.82. The molecule has 1 N–H and O–H groups in total. The topological polar surface area (TPSA) is 59.0 Å². The van der Waals surface area contributed by atoms with Crippen molar-refractivity contribution in [3.05, 3.63) is 58.1 Å². The molecule has 2 aliphatic heterocycles. The molecule has 5 nitrogen and oxygen atoms in total. The molecule has 0 aliphatic carbocycles. The van der Waals surface area contributed by atoms with E-state index in [1.165, 1.54) is 0 Å². The summed E-state index contributed by atoms with van der Waals surface area (Å²) in [4.78, 5) is 13.7. The summed E-state index contributed by atoms with van der Waals surface area (Å²) in [7, 11) is 0. The van der Waals surface area contributed by atoms with Crippen molar-refractivity contribution in [3.63, 3.8) is 0 Å². The molecule has 2 heterocycles. The van der Waals surface area contributed by atoms with Gasteiger partial charge in [0.05, 0.1) is 5.56 Å². The van der Waals surface area contributed by atoms with E-state index in [4.69, 9.17) is 21.1 Å². The number of aromatic carboxylic acids is 1. The molecule has 4 rings (SSSR count). The molecular weight excluding hydrogens is 342 g/mol. The van der Waals surface area contributed by atoms with Crippen LogP contribution in [0.2, 0.25) is 5.02 Å². The van der Waals surface area contributed by atoms with Crippen molar-refractivity contribution < 1.29 is 19.4 Å². The van der Waals surface area contributed by atoms with Gasteiger partial charge in [-0.3, -0.25) is 4.90 Å². The lowest BCUT2D eigenvalue weighted by Gasteiger charge is -2.18. The Balaban J connectivity index is 1.50. The maximum absolute atomic E-state index is 11.4. The fourth-order valence-electron chi connectivity index (χ4n) is 3.60. The van der Waals surface area contributed by atoms with Crippen molar-refractivity contribution in [2.75, 3.05) is 19.9 Å². The number of carboxylic acid groups (broad SMARTS) is 1. The van der Waals surface area contributed by atoms with Crippen molar-refractivity contribution in [1.29, 1.82) is 0 Å². The smallest absolute Gasteiger partial charge is 0.335 e. The minimum absolute atomic E-state index is 0.222. The molecule has 1 atom stereocenters. The molecule has 1 unspecified atom stereocenters. The van der Waals surface area contributed by atoms with Crippen molar-refractivity contribution in [1.82, 2.24) is 4.90 Å². The van der Waals surface area contributed by atoms with Gasteiger partial charge >= 0.3 is 5.97 Å². The third kappa shape index (κ3) is 3.17. The standard InChI is InChI=1S/C19H18ClNO4/c20-16-8-18-17(24-11-25-18)7-13(16)10-21-6-5-12(9-21)14-3-1-2-4-15(14)19(22)23/h1-4,7-8,12H,5-6,9-11H2,(H,22,23). The Bertz CT molecular complexity index is 823. The highest BCUT2D eigenvalue weighted by Crippen LogP contribution is 2.38. The predicted molar refractivity (Wildman–Crippen MR) is 93.6 cm³/mol. The number of fused-ring (bicyclic) bond motifs is 1. The van der Waals surface area contributed by atoms with Gasteiger partial charge in [-0.05, 0) is 42.1 Å². The predicted octanol–water partition coefficient (Wildman–Crippen LogP) is 3.76. The molecule has 130 valence electrons. The number of hydrogen-bond donors (Lipinski definition) is 1. The van der Waals surface area contributed by atoms with Crippen LogP contribution in [0.3, 0.4) is 0 Å². The lowest BCUT2D eigenvalue weighted by Crippen LogP contribution is -2.20. The highest BCUT2D eigenvalue weighted by molar-refractivity contribution is 6.31. The first-order valence-corrected chi connectivity index (χ1v) is 8.62. The minimum atomic E-state index is -0.868. The van der Waals surface area contributed by atoms with Crippen LogP contribution in [-0.4, -0.2) is 35.9 Å². The molecule has 6 heteroatoms. The summed E-state index contributed by atoms with van der Waals surface area (Å²) in [6.45, 7) is 2.66. The van der Waals surface area contributed by atoms with Crippen molar-refractivity contribution in [2.24, 2.45) is 0 Å². The molecule has 0 aromatic heterocycles. The molecule has 0 bridgehead atoms. The van der Waals surface area contributed by atoms with Crippen LogP contribution < -0.4 is 9.47 Å². The van der Waals surface area contributed by atoms with E-state index in [1.807, 2.05) is 18.2 Å². The number of hydrogen-bond acceptors (Lipinski definition) is 4. The van der Waals surface area contributed by atoms with Crippen molar-refractivity contribution in [3.8, 4) is 11.5 Å². The van der Waals surface area contributed by atoms with Crippen molar-refractivity contribution in [2.45, 2.75) is 18.9 Å². The number of nitrogens with zero attached hydrogens (tertiary/aromatic N) is 1. The summed E-state index contributed by atoms with van der Waals surface area (Å²) in [6.07, 6.45) is 0.937. The lowest BCUT2D eigenvalue weighted by atomic mass is 9.93. The minimum Gasteiger partial charge on any atom is -0.478 e.